The van der Waals surface area contributed by atoms with Crippen molar-refractivity contribution in [3.8, 4) is 5.75 Å². The molecule has 1 heterocycles. The van der Waals surface area contributed by atoms with Gasteiger partial charge in [-0.1, -0.05) is 29.8 Å². The van der Waals surface area contributed by atoms with Crippen LogP contribution < -0.4 is 10.6 Å². The average molecular weight is 335 g/mol. The van der Waals surface area contributed by atoms with Gasteiger partial charge in [-0.2, -0.15) is 15.0 Å². The number of anilines is 4. The van der Waals surface area contributed by atoms with E-state index in [1.807, 2.05) is 6.07 Å². The van der Waals surface area contributed by atoms with E-state index in [1.165, 1.54) is 5.56 Å². The molecule has 0 aliphatic heterocycles. The number of rotatable bonds is 4. The van der Waals surface area contributed by atoms with Crippen LogP contribution in [0.5, 0.6) is 5.75 Å². The lowest BCUT2D eigenvalue weighted by molar-refractivity contribution is 0.477. The molecular weight excluding hydrogens is 314 g/mol. The predicted molar refractivity (Wildman–Crippen MR) is 99.9 cm³/mol. The summed E-state index contributed by atoms with van der Waals surface area (Å²) in [6.07, 6.45) is 0. The minimum atomic E-state index is 0.139. The maximum Gasteiger partial charge on any atom is 0.232 e. The van der Waals surface area contributed by atoms with E-state index in [0.29, 0.717) is 23.4 Å². The number of para-hydroxylation sites is 2. The molecule has 0 saturated carbocycles. The van der Waals surface area contributed by atoms with Crippen LogP contribution in [0.15, 0.2) is 36.4 Å². The van der Waals surface area contributed by atoms with Crippen molar-refractivity contribution >= 4 is 23.3 Å². The summed E-state index contributed by atoms with van der Waals surface area (Å²) in [5.74, 6) is 1.55. The van der Waals surface area contributed by atoms with Crippen LogP contribution in [0.2, 0.25) is 0 Å². The van der Waals surface area contributed by atoms with Crippen LogP contribution in [-0.4, -0.2) is 20.1 Å². The maximum absolute atomic E-state index is 9.90. The molecule has 25 heavy (non-hydrogen) atoms. The Balaban J connectivity index is 1.91. The van der Waals surface area contributed by atoms with Gasteiger partial charge in [-0.05, 0) is 51.0 Å². The summed E-state index contributed by atoms with van der Waals surface area (Å²) in [6, 6.07) is 11.2. The molecule has 6 heteroatoms. The summed E-state index contributed by atoms with van der Waals surface area (Å²) >= 11 is 0. The Labute approximate surface area is 147 Å². The number of benzene rings is 2. The van der Waals surface area contributed by atoms with Gasteiger partial charge in [0.25, 0.3) is 0 Å². The summed E-state index contributed by atoms with van der Waals surface area (Å²) in [5.41, 5.74) is 5.01. The highest BCUT2D eigenvalue weighted by Gasteiger charge is 2.10. The lowest BCUT2D eigenvalue weighted by Gasteiger charge is -2.14. The largest absolute Gasteiger partial charge is 0.506 e. The number of phenols is 1. The molecule has 0 saturated heterocycles. The summed E-state index contributed by atoms with van der Waals surface area (Å²) in [4.78, 5) is 13.1. The van der Waals surface area contributed by atoms with Crippen molar-refractivity contribution in [2.45, 2.75) is 27.7 Å². The molecule has 0 radical (unpaired) electrons. The first-order chi connectivity index (χ1) is 11.9. The van der Waals surface area contributed by atoms with Gasteiger partial charge in [0, 0.05) is 5.69 Å². The molecule has 0 amide bonds. The van der Waals surface area contributed by atoms with Gasteiger partial charge < -0.3 is 15.7 Å². The van der Waals surface area contributed by atoms with Gasteiger partial charge in [-0.25, -0.2) is 0 Å². The Bertz CT molecular complexity index is 900. The Morgan fingerprint density at radius 1 is 0.800 bits per heavy atom. The maximum atomic E-state index is 9.90. The third-order valence-electron chi connectivity index (χ3n) is 3.81. The van der Waals surface area contributed by atoms with E-state index in [0.717, 1.165) is 16.8 Å². The molecule has 0 aliphatic carbocycles. The number of nitrogens with zero attached hydrogens (tertiary/aromatic N) is 3. The molecule has 0 bridgehead atoms. The van der Waals surface area contributed by atoms with Crippen molar-refractivity contribution in [2.75, 3.05) is 10.6 Å². The van der Waals surface area contributed by atoms with Gasteiger partial charge in [0.05, 0.1) is 5.69 Å². The molecule has 1 aromatic heterocycles. The van der Waals surface area contributed by atoms with Crippen LogP contribution in [0.3, 0.4) is 0 Å². The molecule has 0 unspecified atom stereocenters. The number of aryl methyl sites for hydroxylation is 4. The Morgan fingerprint density at radius 2 is 1.40 bits per heavy atom. The molecule has 0 spiro atoms. The van der Waals surface area contributed by atoms with E-state index >= 15 is 0 Å². The van der Waals surface area contributed by atoms with E-state index in [9.17, 15) is 5.11 Å². The number of phenolic OH excluding ortho intramolecular Hbond substituents is 1. The van der Waals surface area contributed by atoms with Crippen molar-refractivity contribution in [1.82, 2.24) is 15.0 Å². The molecule has 3 aromatic rings. The summed E-state index contributed by atoms with van der Waals surface area (Å²) in [5, 5.41) is 16.2. The van der Waals surface area contributed by atoms with Gasteiger partial charge in [0.2, 0.25) is 11.9 Å². The van der Waals surface area contributed by atoms with Crippen molar-refractivity contribution in [1.29, 1.82) is 0 Å². The molecular formula is C19H21N5O. The Hall–Kier alpha value is -3.15. The SMILES string of the molecule is Cc1cc(C)c(Nc2nc(C)nc(Nc3ccccc3O)n2)c(C)c1. The lowest BCUT2D eigenvalue weighted by Crippen LogP contribution is -2.07. The number of hydrogen-bond acceptors (Lipinski definition) is 6. The van der Waals surface area contributed by atoms with E-state index < -0.39 is 0 Å². The van der Waals surface area contributed by atoms with Crippen LogP contribution in [-0.2, 0) is 0 Å². The first-order valence-corrected chi connectivity index (χ1v) is 8.05. The zero-order valence-electron chi connectivity index (χ0n) is 14.8. The fourth-order valence-corrected chi connectivity index (χ4v) is 2.78. The first kappa shape index (κ1) is 16.7. The predicted octanol–water partition coefficient (Wildman–Crippen LogP) is 4.30. The summed E-state index contributed by atoms with van der Waals surface area (Å²) in [7, 11) is 0. The Morgan fingerprint density at radius 3 is 2.04 bits per heavy atom. The van der Waals surface area contributed by atoms with Crippen LogP contribution in [0.1, 0.15) is 22.5 Å². The number of aromatic nitrogens is 3. The highest BCUT2D eigenvalue weighted by molar-refractivity contribution is 5.65. The van der Waals surface area contributed by atoms with Gasteiger partial charge in [0.1, 0.15) is 11.6 Å². The Kier molecular flexibility index (Phi) is 4.52. The fourth-order valence-electron chi connectivity index (χ4n) is 2.78. The normalized spacial score (nSPS) is 10.6. The average Bonchev–Trinajstić information content (AvgIpc) is 2.52. The third kappa shape index (κ3) is 3.85. The number of hydrogen-bond donors (Lipinski definition) is 3. The zero-order chi connectivity index (χ0) is 18.0. The standard InChI is InChI=1S/C19H21N5O/c1-11-9-12(2)17(13(3)10-11)23-19-21-14(4)20-18(24-19)22-15-7-5-6-8-16(15)25/h5-10,25H,1-4H3,(H2,20,21,22,23,24). The molecule has 0 fully saturated rings. The van der Waals surface area contributed by atoms with Gasteiger partial charge in [-0.3, -0.25) is 0 Å². The molecule has 2 aromatic carbocycles. The summed E-state index contributed by atoms with van der Waals surface area (Å²) in [6.45, 7) is 7.98. The molecule has 3 N–H and O–H groups in total. The van der Waals surface area contributed by atoms with E-state index in [2.05, 4.69) is 58.5 Å². The fraction of sp³-hybridized carbons (Fsp3) is 0.211. The van der Waals surface area contributed by atoms with Crippen molar-refractivity contribution in [2.24, 2.45) is 0 Å². The minimum Gasteiger partial charge on any atom is -0.506 e. The van der Waals surface area contributed by atoms with Gasteiger partial charge in [-0.15, -0.1) is 0 Å². The van der Waals surface area contributed by atoms with Crippen LogP contribution in [0, 0.1) is 27.7 Å². The second-order valence-corrected chi connectivity index (χ2v) is 6.07. The van der Waals surface area contributed by atoms with E-state index in [-0.39, 0.29) is 5.75 Å². The van der Waals surface area contributed by atoms with E-state index in [4.69, 9.17) is 0 Å². The van der Waals surface area contributed by atoms with Gasteiger partial charge >= 0.3 is 0 Å². The smallest absolute Gasteiger partial charge is 0.232 e. The zero-order valence-corrected chi connectivity index (χ0v) is 14.8. The number of nitrogens with one attached hydrogen (secondary N) is 2. The highest BCUT2D eigenvalue weighted by Crippen LogP contribution is 2.27. The molecule has 128 valence electrons. The van der Waals surface area contributed by atoms with Crippen LogP contribution in [0.4, 0.5) is 23.3 Å². The lowest BCUT2D eigenvalue weighted by atomic mass is 10.1. The minimum absolute atomic E-state index is 0.139. The monoisotopic (exact) mass is 335 g/mol. The highest BCUT2D eigenvalue weighted by atomic mass is 16.3. The molecule has 6 nitrogen and oxygen atoms in total. The molecule has 0 atom stereocenters. The first-order valence-electron chi connectivity index (χ1n) is 8.05. The topological polar surface area (TPSA) is 83.0 Å². The number of aromatic hydroxyl groups is 1. The molecule has 3 rings (SSSR count). The van der Waals surface area contributed by atoms with Crippen LogP contribution >= 0.6 is 0 Å². The van der Waals surface area contributed by atoms with Crippen molar-refractivity contribution in [3.05, 3.63) is 58.9 Å². The second-order valence-electron chi connectivity index (χ2n) is 6.07. The molecule has 0 aliphatic rings. The quantitative estimate of drug-likeness (QED) is 0.617. The van der Waals surface area contributed by atoms with Crippen molar-refractivity contribution < 1.29 is 5.11 Å². The van der Waals surface area contributed by atoms with Crippen molar-refractivity contribution in [3.63, 3.8) is 0 Å². The second kappa shape index (κ2) is 6.76. The summed E-state index contributed by atoms with van der Waals surface area (Å²) < 4.78 is 0. The van der Waals surface area contributed by atoms with Crippen LogP contribution in [0.25, 0.3) is 0 Å². The van der Waals surface area contributed by atoms with E-state index in [1.54, 1.807) is 25.1 Å². The van der Waals surface area contributed by atoms with Gasteiger partial charge in [0.15, 0.2) is 0 Å². The third-order valence-corrected chi connectivity index (χ3v) is 3.81.